The Morgan fingerprint density at radius 1 is 1.07 bits per heavy atom. The Kier molecular flexibility index (Phi) is 5.25. The molecule has 2 aromatic carbocycles. The molecule has 4 heteroatoms. The normalized spacial score (nSPS) is 11.0. The minimum atomic E-state index is -1.04. The molecule has 136 valence electrons. The van der Waals surface area contributed by atoms with Crippen molar-refractivity contribution in [3.05, 3.63) is 77.5 Å². The molecule has 1 N–H and O–H groups in total. The number of pyridine rings is 1. The van der Waals surface area contributed by atoms with Crippen LogP contribution in [0.3, 0.4) is 0 Å². The maximum absolute atomic E-state index is 12.7. The molecule has 0 spiro atoms. The summed E-state index contributed by atoms with van der Waals surface area (Å²) in [5, 5.41) is 10.7. The maximum Gasteiger partial charge on any atom is 0.253 e. The van der Waals surface area contributed by atoms with Gasteiger partial charge in [0.15, 0.2) is 0 Å². The summed E-state index contributed by atoms with van der Waals surface area (Å²) in [6.07, 6.45) is 0. The summed E-state index contributed by atoms with van der Waals surface area (Å²) in [5.74, 6) is 5.58. The Bertz CT molecular complexity index is 1020. The first-order valence-electron chi connectivity index (χ1n) is 8.77. The Morgan fingerprint density at radius 3 is 2.48 bits per heavy atom. The lowest BCUT2D eigenvalue weighted by molar-refractivity contribution is 0.0783. The molecule has 0 fully saturated rings. The van der Waals surface area contributed by atoms with Gasteiger partial charge in [-0.05, 0) is 50.2 Å². The molecule has 1 aromatic heterocycles. The standard InChI is InChI=1S/C23H22N2O2/c1-23(2,27)15-14-17-8-10-19(11-9-17)22(26)25(3)16-20-13-12-18-6-4-5-7-21(18)24-20/h4-13,27H,16H2,1-3H3. The molecule has 0 saturated heterocycles. The van der Waals surface area contributed by atoms with Gasteiger partial charge in [-0.1, -0.05) is 36.1 Å². The van der Waals surface area contributed by atoms with Crippen LogP contribution in [0, 0.1) is 11.8 Å². The molecule has 0 aliphatic heterocycles. The van der Waals surface area contributed by atoms with E-state index in [0.29, 0.717) is 12.1 Å². The number of hydrogen-bond donors (Lipinski definition) is 1. The summed E-state index contributed by atoms with van der Waals surface area (Å²) in [6, 6.07) is 19.0. The van der Waals surface area contributed by atoms with Crippen molar-refractivity contribution in [2.75, 3.05) is 7.05 Å². The van der Waals surface area contributed by atoms with Crippen molar-refractivity contribution >= 4 is 16.8 Å². The van der Waals surface area contributed by atoms with Gasteiger partial charge in [-0.25, -0.2) is 0 Å². The molecule has 4 nitrogen and oxygen atoms in total. The van der Waals surface area contributed by atoms with Crippen LogP contribution in [0.15, 0.2) is 60.7 Å². The summed E-state index contributed by atoms with van der Waals surface area (Å²) < 4.78 is 0. The highest BCUT2D eigenvalue weighted by atomic mass is 16.3. The number of nitrogens with zero attached hydrogens (tertiary/aromatic N) is 2. The highest BCUT2D eigenvalue weighted by Gasteiger charge is 2.13. The molecule has 0 bridgehead atoms. The molecule has 0 radical (unpaired) electrons. The molecule has 3 aromatic rings. The third-order valence-corrected chi connectivity index (χ3v) is 4.05. The summed E-state index contributed by atoms with van der Waals surface area (Å²) in [7, 11) is 1.77. The Morgan fingerprint density at radius 2 is 1.78 bits per heavy atom. The van der Waals surface area contributed by atoms with E-state index in [9.17, 15) is 9.90 Å². The van der Waals surface area contributed by atoms with E-state index in [2.05, 4.69) is 16.8 Å². The number of aromatic nitrogens is 1. The van der Waals surface area contributed by atoms with Gasteiger partial charge >= 0.3 is 0 Å². The fraction of sp³-hybridized carbons (Fsp3) is 0.217. The highest BCUT2D eigenvalue weighted by Crippen LogP contribution is 2.14. The molecule has 3 rings (SSSR count). The zero-order valence-electron chi connectivity index (χ0n) is 15.7. The van der Waals surface area contributed by atoms with Crippen molar-refractivity contribution < 1.29 is 9.90 Å². The zero-order valence-corrected chi connectivity index (χ0v) is 15.7. The van der Waals surface area contributed by atoms with E-state index in [1.165, 1.54) is 0 Å². The van der Waals surface area contributed by atoms with E-state index in [1.807, 2.05) is 36.4 Å². The fourth-order valence-corrected chi connectivity index (χ4v) is 2.65. The minimum Gasteiger partial charge on any atom is -0.378 e. The van der Waals surface area contributed by atoms with E-state index >= 15 is 0 Å². The lowest BCUT2D eigenvalue weighted by atomic mass is 10.1. The largest absolute Gasteiger partial charge is 0.378 e. The predicted molar refractivity (Wildman–Crippen MR) is 107 cm³/mol. The van der Waals surface area contributed by atoms with Crippen molar-refractivity contribution in [3.8, 4) is 11.8 Å². The first-order valence-corrected chi connectivity index (χ1v) is 8.77. The van der Waals surface area contributed by atoms with Crippen LogP contribution >= 0.6 is 0 Å². The number of carbonyl (C=O) groups excluding carboxylic acids is 1. The Balaban J connectivity index is 1.71. The van der Waals surface area contributed by atoms with Gasteiger partial charge in [0.25, 0.3) is 5.91 Å². The topological polar surface area (TPSA) is 53.4 Å². The number of benzene rings is 2. The Labute approximate surface area is 159 Å². The van der Waals surface area contributed by atoms with Gasteiger partial charge in [0.05, 0.1) is 17.8 Å². The molecular formula is C23H22N2O2. The van der Waals surface area contributed by atoms with Crippen LogP contribution in [0.2, 0.25) is 0 Å². The fourth-order valence-electron chi connectivity index (χ4n) is 2.65. The second-order valence-corrected chi connectivity index (χ2v) is 7.04. The molecular weight excluding hydrogens is 336 g/mol. The van der Waals surface area contributed by atoms with Gasteiger partial charge in [-0.2, -0.15) is 0 Å². The third kappa shape index (κ3) is 4.93. The predicted octanol–water partition coefficient (Wildman–Crippen LogP) is 3.63. The van der Waals surface area contributed by atoms with Crippen LogP contribution in [-0.4, -0.2) is 33.5 Å². The molecule has 0 aliphatic rings. The van der Waals surface area contributed by atoms with E-state index in [-0.39, 0.29) is 5.91 Å². The van der Waals surface area contributed by atoms with Gasteiger partial charge < -0.3 is 10.0 Å². The second kappa shape index (κ2) is 7.61. The number of para-hydroxylation sites is 1. The average Bonchev–Trinajstić information content (AvgIpc) is 2.65. The van der Waals surface area contributed by atoms with Crippen molar-refractivity contribution in [3.63, 3.8) is 0 Å². The summed E-state index contributed by atoms with van der Waals surface area (Å²) in [5.41, 5.74) is 2.07. The molecule has 1 heterocycles. The van der Waals surface area contributed by atoms with Gasteiger partial charge in [-0.15, -0.1) is 0 Å². The average molecular weight is 358 g/mol. The molecule has 0 aliphatic carbocycles. The summed E-state index contributed by atoms with van der Waals surface area (Å²) in [4.78, 5) is 18.9. The monoisotopic (exact) mass is 358 g/mol. The molecule has 0 unspecified atom stereocenters. The van der Waals surface area contributed by atoms with Crippen LogP contribution in [0.1, 0.15) is 35.5 Å². The minimum absolute atomic E-state index is 0.0769. The molecule has 0 atom stereocenters. The van der Waals surface area contributed by atoms with Crippen molar-refractivity contribution in [1.29, 1.82) is 0 Å². The smallest absolute Gasteiger partial charge is 0.253 e. The highest BCUT2D eigenvalue weighted by molar-refractivity contribution is 5.94. The number of fused-ring (bicyclic) bond motifs is 1. The van der Waals surface area contributed by atoms with Crippen molar-refractivity contribution in [2.45, 2.75) is 26.0 Å². The number of carbonyl (C=O) groups is 1. The number of amides is 1. The van der Waals surface area contributed by atoms with E-state index in [4.69, 9.17) is 0 Å². The van der Waals surface area contributed by atoms with Crippen LogP contribution in [0.25, 0.3) is 10.9 Å². The van der Waals surface area contributed by atoms with Crippen LogP contribution < -0.4 is 0 Å². The zero-order chi connectivity index (χ0) is 19.4. The maximum atomic E-state index is 12.7. The van der Waals surface area contributed by atoms with E-state index in [0.717, 1.165) is 22.2 Å². The summed E-state index contributed by atoms with van der Waals surface area (Å²) >= 11 is 0. The lowest BCUT2D eigenvalue weighted by Gasteiger charge is -2.17. The number of rotatable bonds is 3. The van der Waals surface area contributed by atoms with Gasteiger partial charge in [0, 0.05) is 23.6 Å². The lowest BCUT2D eigenvalue weighted by Crippen LogP contribution is -2.26. The van der Waals surface area contributed by atoms with Gasteiger partial charge in [-0.3, -0.25) is 9.78 Å². The third-order valence-electron chi connectivity index (χ3n) is 4.05. The van der Waals surface area contributed by atoms with E-state index < -0.39 is 5.60 Å². The van der Waals surface area contributed by atoms with Crippen LogP contribution in [-0.2, 0) is 6.54 Å². The van der Waals surface area contributed by atoms with Gasteiger partial charge in [0.2, 0.25) is 0 Å². The molecule has 1 amide bonds. The Hall–Kier alpha value is -3.16. The first kappa shape index (κ1) is 18.6. The summed E-state index contributed by atoms with van der Waals surface area (Å²) in [6.45, 7) is 3.70. The number of aliphatic hydroxyl groups is 1. The van der Waals surface area contributed by atoms with E-state index in [1.54, 1.807) is 50.1 Å². The van der Waals surface area contributed by atoms with Crippen molar-refractivity contribution in [1.82, 2.24) is 9.88 Å². The molecule has 0 saturated carbocycles. The first-order chi connectivity index (χ1) is 12.8. The SMILES string of the molecule is CN(Cc1ccc2ccccc2n1)C(=O)c1ccc(C#CC(C)(C)O)cc1. The quantitative estimate of drug-likeness (QED) is 0.728. The van der Waals surface area contributed by atoms with Crippen LogP contribution in [0.5, 0.6) is 0 Å². The van der Waals surface area contributed by atoms with Crippen LogP contribution in [0.4, 0.5) is 0 Å². The molecule has 27 heavy (non-hydrogen) atoms. The van der Waals surface area contributed by atoms with Gasteiger partial charge in [0.1, 0.15) is 5.60 Å². The van der Waals surface area contributed by atoms with Crippen molar-refractivity contribution in [2.24, 2.45) is 0 Å². The second-order valence-electron chi connectivity index (χ2n) is 7.04. The number of hydrogen-bond acceptors (Lipinski definition) is 3.